The van der Waals surface area contributed by atoms with Gasteiger partial charge in [0.2, 0.25) is 0 Å². The molecule has 0 aromatic carbocycles. The van der Waals surface area contributed by atoms with Crippen LogP contribution in [0.25, 0.3) is 0 Å². The number of hydrogen-bond acceptors (Lipinski definition) is 4. The van der Waals surface area contributed by atoms with Crippen molar-refractivity contribution >= 4 is 17.7 Å². The number of H-pyrrole nitrogens is 1. The Hall–Kier alpha value is -2.70. The summed E-state index contributed by atoms with van der Waals surface area (Å²) >= 11 is 0. The van der Waals surface area contributed by atoms with E-state index in [0.29, 0.717) is 5.56 Å². The standard InChI is InChI=1S/C10H8N4O3/c15-9(6-4-12-13-5-6)14-8-7(10(16)17)2-1-3-11-8/h1-5H,(H,12,13)(H,16,17)(H,11,14,15). The number of carbonyl (C=O) groups excluding carboxylic acids is 1. The summed E-state index contributed by atoms with van der Waals surface area (Å²) in [7, 11) is 0. The minimum atomic E-state index is -1.15. The second-order valence-electron chi connectivity index (χ2n) is 3.15. The number of amides is 1. The fourth-order valence-electron chi connectivity index (χ4n) is 1.23. The maximum atomic E-state index is 11.6. The number of aromatic nitrogens is 3. The predicted octanol–water partition coefficient (Wildman–Crippen LogP) is 0.755. The maximum absolute atomic E-state index is 11.6. The molecule has 86 valence electrons. The summed E-state index contributed by atoms with van der Waals surface area (Å²) in [5.74, 6) is -1.62. The van der Waals surface area contributed by atoms with E-state index in [-0.39, 0.29) is 11.4 Å². The summed E-state index contributed by atoms with van der Waals surface area (Å²) in [6.45, 7) is 0. The quantitative estimate of drug-likeness (QED) is 0.723. The number of carbonyl (C=O) groups is 2. The van der Waals surface area contributed by atoms with E-state index in [1.807, 2.05) is 0 Å². The minimum Gasteiger partial charge on any atom is -0.478 e. The van der Waals surface area contributed by atoms with Crippen LogP contribution in [-0.4, -0.2) is 32.2 Å². The smallest absolute Gasteiger partial charge is 0.339 e. The first-order valence-corrected chi connectivity index (χ1v) is 4.67. The lowest BCUT2D eigenvalue weighted by Gasteiger charge is -2.05. The normalized spacial score (nSPS) is 9.88. The molecule has 3 N–H and O–H groups in total. The number of carboxylic acids is 1. The third-order valence-electron chi connectivity index (χ3n) is 2.03. The number of carboxylic acid groups (broad SMARTS) is 1. The highest BCUT2D eigenvalue weighted by Gasteiger charge is 2.14. The fourth-order valence-corrected chi connectivity index (χ4v) is 1.23. The first-order chi connectivity index (χ1) is 8.18. The molecule has 7 nitrogen and oxygen atoms in total. The van der Waals surface area contributed by atoms with Crippen LogP contribution in [0.15, 0.2) is 30.7 Å². The van der Waals surface area contributed by atoms with Crippen molar-refractivity contribution in [1.82, 2.24) is 15.2 Å². The molecule has 0 aliphatic heterocycles. The highest BCUT2D eigenvalue weighted by Crippen LogP contribution is 2.12. The van der Waals surface area contributed by atoms with Crippen LogP contribution in [0.1, 0.15) is 20.7 Å². The molecule has 17 heavy (non-hydrogen) atoms. The van der Waals surface area contributed by atoms with Gasteiger partial charge in [-0.3, -0.25) is 9.89 Å². The van der Waals surface area contributed by atoms with Gasteiger partial charge in [-0.2, -0.15) is 5.10 Å². The number of anilines is 1. The summed E-state index contributed by atoms with van der Waals surface area (Å²) < 4.78 is 0. The zero-order valence-corrected chi connectivity index (χ0v) is 8.54. The summed E-state index contributed by atoms with van der Waals surface area (Å²) in [6.07, 6.45) is 4.13. The second kappa shape index (κ2) is 4.44. The first kappa shape index (κ1) is 10.8. The Labute approximate surface area is 95.5 Å². The molecule has 2 aromatic rings. The van der Waals surface area contributed by atoms with Crippen LogP contribution in [0.5, 0.6) is 0 Å². The molecule has 0 aliphatic carbocycles. The number of pyridine rings is 1. The van der Waals surface area contributed by atoms with Gasteiger partial charge in [-0.1, -0.05) is 0 Å². The van der Waals surface area contributed by atoms with Gasteiger partial charge < -0.3 is 10.4 Å². The lowest BCUT2D eigenvalue weighted by atomic mass is 10.2. The molecular weight excluding hydrogens is 224 g/mol. The second-order valence-corrected chi connectivity index (χ2v) is 3.15. The molecule has 0 spiro atoms. The summed E-state index contributed by atoms with van der Waals surface area (Å²) in [4.78, 5) is 26.3. The Morgan fingerprint density at radius 3 is 2.88 bits per heavy atom. The third kappa shape index (κ3) is 2.28. The van der Waals surface area contributed by atoms with Gasteiger partial charge in [-0.05, 0) is 12.1 Å². The molecule has 0 atom stereocenters. The highest BCUT2D eigenvalue weighted by molar-refractivity contribution is 6.06. The van der Waals surface area contributed by atoms with E-state index in [0.717, 1.165) is 0 Å². The molecule has 2 rings (SSSR count). The number of rotatable bonds is 3. The number of hydrogen-bond donors (Lipinski definition) is 3. The van der Waals surface area contributed by atoms with Gasteiger partial charge in [-0.15, -0.1) is 0 Å². The van der Waals surface area contributed by atoms with Crippen molar-refractivity contribution in [2.75, 3.05) is 5.32 Å². The van der Waals surface area contributed by atoms with Crippen LogP contribution < -0.4 is 5.32 Å². The van der Waals surface area contributed by atoms with Gasteiger partial charge in [0.05, 0.1) is 11.8 Å². The average molecular weight is 232 g/mol. The molecule has 2 aromatic heterocycles. The lowest BCUT2D eigenvalue weighted by Crippen LogP contribution is -2.15. The van der Waals surface area contributed by atoms with E-state index >= 15 is 0 Å². The molecule has 2 heterocycles. The van der Waals surface area contributed by atoms with Crippen LogP contribution >= 0.6 is 0 Å². The van der Waals surface area contributed by atoms with Crippen molar-refractivity contribution < 1.29 is 14.7 Å². The predicted molar refractivity (Wildman–Crippen MR) is 57.7 cm³/mol. The van der Waals surface area contributed by atoms with Gasteiger partial charge in [0.25, 0.3) is 5.91 Å². The monoisotopic (exact) mass is 232 g/mol. The fraction of sp³-hybridized carbons (Fsp3) is 0. The maximum Gasteiger partial charge on any atom is 0.339 e. The zero-order valence-electron chi connectivity index (χ0n) is 8.54. The van der Waals surface area contributed by atoms with Gasteiger partial charge in [0, 0.05) is 12.4 Å². The minimum absolute atomic E-state index is 0.00574. The Bertz CT molecular complexity index is 550. The molecule has 0 radical (unpaired) electrons. The van der Waals surface area contributed by atoms with Crippen LogP contribution in [0.4, 0.5) is 5.82 Å². The number of aromatic carboxylic acids is 1. The van der Waals surface area contributed by atoms with E-state index < -0.39 is 11.9 Å². The SMILES string of the molecule is O=C(Nc1ncccc1C(=O)O)c1cn[nH]c1. The zero-order chi connectivity index (χ0) is 12.3. The number of nitrogens with zero attached hydrogens (tertiary/aromatic N) is 2. The van der Waals surface area contributed by atoms with E-state index in [1.165, 1.54) is 30.7 Å². The highest BCUT2D eigenvalue weighted by atomic mass is 16.4. The van der Waals surface area contributed by atoms with Crippen molar-refractivity contribution in [2.45, 2.75) is 0 Å². The molecule has 0 fully saturated rings. The largest absolute Gasteiger partial charge is 0.478 e. The van der Waals surface area contributed by atoms with E-state index in [9.17, 15) is 9.59 Å². The van der Waals surface area contributed by atoms with Crippen LogP contribution in [0, 0.1) is 0 Å². The van der Waals surface area contributed by atoms with E-state index in [2.05, 4.69) is 20.5 Å². The Kier molecular flexibility index (Phi) is 2.82. The van der Waals surface area contributed by atoms with Crippen molar-refractivity contribution in [3.05, 3.63) is 41.9 Å². The molecular formula is C10H8N4O3. The van der Waals surface area contributed by atoms with E-state index in [1.54, 1.807) is 0 Å². The third-order valence-corrected chi connectivity index (χ3v) is 2.03. The average Bonchev–Trinajstić information content (AvgIpc) is 2.83. The summed E-state index contributed by atoms with van der Waals surface area (Å²) in [6, 6.07) is 2.84. The van der Waals surface area contributed by atoms with Crippen molar-refractivity contribution in [3.8, 4) is 0 Å². The molecule has 1 amide bonds. The molecule has 0 saturated heterocycles. The van der Waals surface area contributed by atoms with Crippen molar-refractivity contribution in [3.63, 3.8) is 0 Å². The summed E-state index contributed by atoms with van der Waals surface area (Å²) in [5.41, 5.74) is 0.233. The van der Waals surface area contributed by atoms with Crippen LogP contribution in [-0.2, 0) is 0 Å². The molecule has 0 unspecified atom stereocenters. The van der Waals surface area contributed by atoms with Gasteiger partial charge in [-0.25, -0.2) is 9.78 Å². The first-order valence-electron chi connectivity index (χ1n) is 4.67. The molecule has 0 saturated carbocycles. The van der Waals surface area contributed by atoms with Crippen molar-refractivity contribution in [1.29, 1.82) is 0 Å². The Morgan fingerprint density at radius 1 is 1.41 bits per heavy atom. The van der Waals surface area contributed by atoms with Crippen LogP contribution in [0.3, 0.4) is 0 Å². The van der Waals surface area contributed by atoms with E-state index in [4.69, 9.17) is 5.11 Å². The molecule has 0 bridgehead atoms. The Balaban J connectivity index is 2.25. The van der Waals surface area contributed by atoms with Crippen LogP contribution in [0.2, 0.25) is 0 Å². The summed E-state index contributed by atoms with van der Waals surface area (Å²) in [5, 5.41) is 17.4. The molecule has 0 aliphatic rings. The van der Waals surface area contributed by atoms with Crippen molar-refractivity contribution in [2.24, 2.45) is 0 Å². The molecule has 7 heteroatoms. The number of nitrogens with one attached hydrogen (secondary N) is 2. The number of aromatic amines is 1. The lowest BCUT2D eigenvalue weighted by molar-refractivity contribution is 0.0697. The topological polar surface area (TPSA) is 108 Å². The Morgan fingerprint density at radius 2 is 2.24 bits per heavy atom. The van der Waals surface area contributed by atoms with Gasteiger partial charge in [0.15, 0.2) is 0 Å². The van der Waals surface area contributed by atoms with Gasteiger partial charge in [0.1, 0.15) is 11.4 Å². The van der Waals surface area contributed by atoms with Gasteiger partial charge >= 0.3 is 5.97 Å².